The van der Waals surface area contributed by atoms with Crippen molar-refractivity contribution in [3.05, 3.63) is 29.3 Å². The maximum atomic E-state index is 14.2. The van der Waals surface area contributed by atoms with Crippen LogP contribution in [0.4, 0.5) is 14.5 Å². The Morgan fingerprint density at radius 2 is 2.00 bits per heavy atom. The smallest absolute Gasteiger partial charge is 0.182 e. The first-order chi connectivity index (χ1) is 9.04. The van der Waals surface area contributed by atoms with Crippen molar-refractivity contribution in [2.75, 3.05) is 31.6 Å². The van der Waals surface area contributed by atoms with Gasteiger partial charge < -0.3 is 15.5 Å². The molecule has 1 aromatic carbocycles. The largest absolute Gasteiger partial charge is 0.365 e. The maximum absolute atomic E-state index is 14.2. The van der Waals surface area contributed by atoms with E-state index in [1.165, 1.54) is 0 Å². The lowest BCUT2D eigenvalue weighted by Crippen LogP contribution is -2.38. The minimum atomic E-state index is -0.815. The van der Waals surface area contributed by atoms with Gasteiger partial charge in [-0.05, 0) is 33.0 Å². The predicted molar refractivity (Wildman–Crippen MR) is 73.2 cm³/mol. The Morgan fingerprint density at radius 1 is 1.26 bits per heavy atom. The van der Waals surface area contributed by atoms with Gasteiger partial charge in [-0.15, -0.1) is 0 Å². The first kappa shape index (κ1) is 14.2. The van der Waals surface area contributed by atoms with Crippen LogP contribution in [0, 0.1) is 11.6 Å². The van der Waals surface area contributed by atoms with Crippen LogP contribution in [0.15, 0.2) is 12.1 Å². The molecule has 0 aliphatic carbocycles. The fourth-order valence-electron chi connectivity index (χ4n) is 2.69. The summed E-state index contributed by atoms with van der Waals surface area (Å²) in [5, 5.41) is 0. The van der Waals surface area contributed by atoms with Crippen molar-refractivity contribution in [3.8, 4) is 0 Å². The summed E-state index contributed by atoms with van der Waals surface area (Å²) < 4.78 is 28.0. The zero-order chi connectivity index (χ0) is 14.0. The highest BCUT2D eigenvalue weighted by molar-refractivity contribution is 5.51. The molecule has 19 heavy (non-hydrogen) atoms. The van der Waals surface area contributed by atoms with Crippen molar-refractivity contribution in [2.45, 2.75) is 25.9 Å². The monoisotopic (exact) mass is 269 g/mol. The molecule has 0 amide bonds. The fourth-order valence-corrected chi connectivity index (χ4v) is 2.69. The third kappa shape index (κ3) is 2.87. The highest BCUT2D eigenvalue weighted by Gasteiger charge is 2.24. The van der Waals surface area contributed by atoms with E-state index in [0.29, 0.717) is 5.69 Å². The number of likely N-dealkylation sites (N-methyl/N-ethyl adjacent to an activating group) is 1. The lowest BCUT2D eigenvalue weighted by Gasteiger charge is -2.30. The number of hydrogen-bond donors (Lipinski definition) is 1. The van der Waals surface area contributed by atoms with Gasteiger partial charge in [0.05, 0.1) is 5.69 Å². The summed E-state index contributed by atoms with van der Waals surface area (Å²) in [6.07, 6.45) is 0.945. The number of rotatable bonds is 2. The van der Waals surface area contributed by atoms with E-state index in [1.54, 1.807) is 12.1 Å². The number of nitrogens with two attached hydrogens (primary N) is 1. The molecule has 1 atom stereocenters. The van der Waals surface area contributed by atoms with Crippen molar-refractivity contribution in [1.82, 2.24) is 4.90 Å². The molecular weight excluding hydrogens is 248 g/mol. The molecule has 1 heterocycles. The van der Waals surface area contributed by atoms with Gasteiger partial charge in [-0.2, -0.15) is 0 Å². The second-order valence-electron chi connectivity index (χ2n) is 5.23. The topological polar surface area (TPSA) is 32.5 Å². The Hall–Kier alpha value is -1.20. The SMILES string of the molecule is CC1CN(C)CCCN1c1ccc(CN)c(F)c1F. The summed E-state index contributed by atoms with van der Waals surface area (Å²) in [6.45, 7) is 4.62. The summed E-state index contributed by atoms with van der Waals surface area (Å²) in [7, 11) is 2.05. The number of halogens is 2. The molecule has 1 saturated heterocycles. The number of anilines is 1. The fraction of sp³-hybridized carbons (Fsp3) is 0.571. The van der Waals surface area contributed by atoms with Crippen LogP contribution in [0.1, 0.15) is 18.9 Å². The van der Waals surface area contributed by atoms with E-state index in [2.05, 4.69) is 11.9 Å². The van der Waals surface area contributed by atoms with Gasteiger partial charge in [0.15, 0.2) is 11.6 Å². The lowest BCUT2D eigenvalue weighted by atomic mass is 10.1. The van der Waals surface area contributed by atoms with E-state index in [4.69, 9.17) is 5.73 Å². The first-order valence-electron chi connectivity index (χ1n) is 6.66. The molecule has 3 nitrogen and oxygen atoms in total. The Labute approximate surface area is 113 Å². The van der Waals surface area contributed by atoms with Crippen LogP contribution in [0.2, 0.25) is 0 Å². The molecule has 1 aliphatic heterocycles. The van der Waals surface area contributed by atoms with Crippen molar-refractivity contribution < 1.29 is 8.78 Å². The summed E-state index contributed by atoms with van der Waals surface area (Å²) in [5.41, 5.74) is 5.96. The zero-order valence-corrected chi connectivity index (χ0v) is 11.5. The predicted octanol–water partition coefficient (Wildman–Crippen LogP) is 1.95. The quantitative estimate of drug-likeness (QED) is 0.890. The van der Waals surface area contributed by atoms with E-state index in [0.717, 1.165) is 26.1 Å². The molecule has 2 N–H and O–H groups in total. The molecule has 106 valence electrons. The van der Waals surface area contributed by atoms with Crippen molar-refractivity contribution >= 4 is 5.69 Å². The molecule has 5 heteroatoms. The minimum Gasteiger partial charge on any atom is -0.365 e. The van der Waals surface area contributed by atoms with Crippen LogP contribution in [0.3, 0.4) is 0 Å². The van der Waals surface area contributed by atoms with Crippen LogP contribution in [-0.4, -0.2) is 37.6 Å². The van der Waals surface area contributed by atoms with Gasteiger partial charge in [-0.25, -0.2) is 8.78 Å². The number of nitrogens with zero attached hydrogens (tertiary/aromatic N) is 2. The van der Waals surface area contributed by atoms with E-state index < -0.39 is 11.6 Å². The molecule has 1 aromatic rings. The first-order valence-corrected chi connectivity index (χ1v) is 6.66. The van der Waals surface area contributed by atoms with Crippen LogP contribution >= 0.6 is 0 Å². The standard InChI is InChI=1S/C14H21F2N3/c1-10-9-18(2)6-3-7-19(10)12-5-4-11(8-17)13(15)14(12)16/h4-5,10H,3,6-9,17H2,1-2H3. The minimum absolute atomic E-state index is 0.0152. The molecule has 1 unspecified atom stereocenters. The highest BCUT2D eigenvalue weighted by atomic mass is 19.2. The third-order valence-electron chi connectivity index (χ3n) is 3.72. The molecule has 1 aliphatic rings. The second-order valence-corrected chi connectivity index (χ2v) is 5.23. The lowest BCUT2D eigenvalue weighted by molar-refractivity contribution is 0.337. The Morgan fingerprint density at radius 3 is 2.68 bits per heavy atom. The molecule has 0 bridgehead atoms. The van der Waals surface area contributed by atoms with Gasteiger partial charge >= 0.3 is 0 Å². The molecule has 0 spiro atoms. The molecule has 0 aromatic heterocycles. The second kappa shape index (κ2) is 5.84. The van der Waals surface area contributed by atoms with Gasteiger partial charge in [0, 0.05) is 31.2 Å². The molecule has 1 fully saturated rings. The molecule has 0 saturated carbocycles. The summed E-state index contributed by atoms with van der Waals surface area (Å²) in [6, 6.07) is 3.38. The number of hydrogen-bond acceptors (Lipinski definition) is 3. The summed E-state index contributed by atoms with van der Waals surface area (Å²) >= 11 is 0. The molecule has 0 radical (unpaired) electrons. The normalized spacial score (nSPS) is 21.5. The van der Waals surface area contributed by atoms with Gasteiger partial charge in [-0.1, -0.05) is 6.07 Å². The van der Waals surface area contributed by atoms with Gasteiger partial charge in [-0.3, -0.25) is 0 Å². The average Bonchev–Trinajstić information content (AvgIpc) is 2.54. The Balaban J connectivity index is 2.33. The van der Waals surface area contributed by atoms with Gasteiger partial charge in [0.2, 0.25) is 0 Å². The van der Waals surface area contributed by atoms with E-state index >= 15 is 0 Å². The molecular formula is C14H21F2N3. The van der Waals surface area contributed by atoms with Crippen molar-refractivity contribution in [2.24, 2.45) is 5.73 Å². The van der Waals surface area contributed by atoms with Gasteiger partial charge in [0.1, 0.15) is 0 Å². The number of benzene rings is 1. The zero-order valence-electron chi connectivity index (χ0n) is 11.5. The van der Waals surface area contributed by atoms with Crippen LogP contribution in [0.5, 0.6) is 0 Å². The van der Waals surface area contributed by atoms with Crippen LogP contribution < -0.4 is 10.6 Å². The van der Waals surface area contributed by atoms with E-state index in [-0.39, 0.29) is 18.2 Å². The maximum Gasteiger partial charge on any atom is 0.182 e. The van der Waals surface area contributed by atoms with Crippen LogP contribution in [-0.2, 0) is 6.54 Å². The van der Waals surface area contributed by atoms with Crippen molar-refractivity contribution in [1.29, 1.82) is 0 Å². The van der Waals surface area contributed by atoms with E-state index in [1.807, 2.05) is 11.8 Å². The highest BCUT2D eigenvalue weighted by Crippen LogP contribution is 2.27. The van der Waals surface area contributed by atoms with Crippen LogP contribution in [0.25, 0.3) is 0 Å². The average molecular weight is 269 g/mol. The summed E-state index contributed by atoms with van der Waals surface area (Å²) in [4.78, 5) is 4.16. The summed E-state index contributed by atoms with van der Waals surface area (Å²) in [5.74, 6) is -1.59. The molecule has 2 rings (SSSR count). The van der Waals surface area contributed by atoms with E-state index in [9.17, 15) is 8.78 Å². The van der Waals surface area contributed by atoms with Crippen molar-refractivity contribution in [3.63, 3.8) is 0 Å². The van der Waals surface area contributed by atoms with Gasteiger partial charge in [0.25, 0.3) is 0 Å². The Kier molecular flexibility index (Phi) is 4.37. The third-order valence-corrected chi connectivity index (χ3v) is 3.72. The Bertz CT molecular complexity index is 451.